The number of rotatable bonds is 3. The Morgan fingerprint density at radius 3 is 3.00 bits per heavy atom. The monoisotopic (exact) mass is 175 g/mol. The van der Waals surface area contributed by atoms with E-state index in [-0.39, 0.29) is 12.5 Å². The van der Waals surface area contributed by atoms with Crippen molar-refractivity contribution in [2.24, 2.45) is 5.92 Å². The van der Waals surface area contributed by atoms with Crippen molar-refractivity contribution in [3.8, 4) is 0 Å². The second-order valence-corrected chi connectivity index (χ2v) is 3.53. The molecule has 1 aliphatic heterocycles. The standard InChI is InChI=1S/C9H18FNO/c1-3-12-7-9(10)4-5-11-6-8(9)2/h8,11H,3-7H2,1-2H3. The molecule has 0 aromatic carbocycles. The van der Waals surface area contributed by atoms with Crippen LogP contribution in [0.25, 0.3) is 0 Å². The zero-order chi connectivity index (χ0) is 9.03. The Balaban J connectivity index is 2.42. The van der Waals surface area contributed by atoms with E-state index in [1.807, 2.05) is 13.8 Å². The Labute approximate surface area is 73.5 Å². The summed E-state index contributed by atoms with van der Waals surface area (Å²) in [7, 11) is 0. The van der Waals surface area contributed by atoms with E-state index in [4.69, 9.17) is 4.74 Å². The summed E-state index contributed by atoms with van der Waals surface area (Å²) < 4.78 is 19.1. The Bertz CT molecular complexity index is 142. The minimum absolute atomic E-state index is 0.0674. The molecule has 1 aliphatic rings. The van der Waals surface area contributed by atoms with Crippen LogP contribution in [0.3, 0.4) is 0 Å². The van der Waals surface area contributed by atoms with Crippen LogP contribution >= 0.6 is 0 Å². The Morgan fingerprint density at radius 2 is 2.42 bits per heavy atom. The molecule has 1 fully saturated rings. The second-order valence-electron chi connectivity index (χ2n) is 3.53. The van der Waals surface area contributed by atoms with Crippen molar-refractivity contribution in [3.05, 3.63) is 0 Å². The number of hydrogen-bond donors (Lipinski definition) is 1. The largest absolute Gasteiger partial charge is 0.378 e. The Hall–Kier alpha value is -0.150. The summed E-state index contributed by atoms with van der Waals surface area (Å²) >= 11 is 0. The van der Waals surface area contributed by atoms with Crippen LogP contribution in [0.4, 0.5) is 4.39 Å². The van der Waals surface area contributed by atoms with Gasteiger partial charge in [-0.25, -0.2) is 4.39 Å². The van der Waals surface area contributed by atoms with Gasteiger partial charge in [0.05, 0.1) is 6.61 Å². The Morgan fingerprint density at radius 1 is 1.67 bits per heavy atom. The highest BCUT2D eigenvalue weighted by Gasteiger charge is 2.38. The van der Waals surface area contributed by atoms with Crippen molar-refractivity contribution in [1.29, 1.82) is 0 Å². The molecule has 0 aromatic heterocycles. The third-order valence-electron chi connectivity index (χ3n) is 2.60. The summed E-state index contributed by atoms with van der Waals surface area (Å²) in [6.45, 7) is 6.23. The summed E-state index contributed by atoms with van der Waals surface area (Å²) in [5.41, 5.74) is -1.10. The van der Waals surface area contributed by atoms with E-state index in [9.17, 15) is 4.39 Å². The van der Waals surface area contributed by atoms with E-state index < -0.39 is 5.67 Å². The molecule has 1 N–H and O–H groups in total. The minimum Gasteiger partial charge on any atom is -0.378 e. The molecule has 0 saturated carbocycles. The quantitative estimate of drug-likeness (QED) is 0.699. The van der Waals surface area contributed by atoms with Gasteiger partial charge >= 0.3 is 0 Å². The molecule has 72 valence electrons. The zero-order valence-corrected chi connectivity index (χ0v) is 7.90. The van der Waals surface area contributed by atoms with Gasteiger partial charge in [-0.15, -0.1) is 0 Å². The lowest BCUT2D eigenvalue weighted by Gasteiger charge is -2.35. The molecular formula is C9H18FNO. The maximum absolute atomic E-state index is 14.0. The van der Waals surface area contributed by atoms with Crippen molar-refractivity contribution in [3.63, 3.8) is 0 Å². The molecular weight excluding hydrogens is 157 g/mol. The lowest BCUT2D eigenvalue weighted by molar-refractivity contribution is -0.0311. The molecule has 2 unspecified atom stereocenters. The molecule has 0 radical (unpaired) electrons. The average Bonchev–Trinajstić information content (AvgIpc) is 2.07. The summed E-state index contributed by atoms with van der Waals surface area (Å²) in [4.78, 5) is 0. The Kier molecular flexibility index (Phi) is 3.47. The summed E-state index contributed by atoms with van der Waals surface area (Å²) in [5.74, 6) is 0.0674. The lowest BCUT2D eigenvalue weighted by atomic mass is 9.85. The zero-order valence-electron chi connectivity index (χ0n) is 7.90. The molecule has 0 amide bonds. The molecule has 1 heterocycles. The van der Waals surface area contributed by atoms with Gasteiger partial charge in [-0.2, -0.15) is 0 Å². The lowest BCUT2D eigenvalue weighted by Crippen LogP contribution is -2.48. The minimum atomic E-state index is -1.10. The first-order chi connectivity index (χ1) is 5.69. The number of hydrogen-bond acceptors (Lipinski definition) is 2. The van der Waals surface area contributed by atoms with Crippen molar-refractivity contribution in [1.82, 2.24) is 5.32 Å². The predicted octanol–water partition coefficient (Wildman–Crippen LogP) is 1.36. The van der Waals surface area contributed by atoms with Crippen LogP contribution in [-0.2, 0) is 4.74 Å². The molecule has 3 heteroatoms. The molecule has 0 aromatic rings. The smallest absolute Gasteiger partial charge is 0.139 e. The van der Waals surface area contributed by atoms with E-state index in [1.54, 1.807) is 0 Å². The number of alkyl halides is 1. The first-order valence-corrected chi connectivity index (χ1v) is 4.66. The van der Waals surface area contributed by atoms with Crippen LogP contribution in [0.5, 0.6) is 0 Å². The number of halogens is 1. The third-order valence-corrected chi connectivity index (χ3v) is 2.60. The predicted molar refractivity (Wildman–Crippen MR) is 47.0 cm³/mol. The number of piperidine rings is 1. The van der Waals surface area contributed by atoms with Crippen LogP contribution < -0.4 is 5.32 Å². The molecule has 0 aliphatic carbocycles. The highest BCUT2D eigenvalue weighted by molar-refractivity contribution is 4.90. The van der Waals surface area contributed by atoms with E-state index in [0.717, 1.165) is 13.1 Å². The van der Waals surface area contributed by atoms with Crippen LogP contribution in [0.2, 0.25) is 0 Å². The van der Waals surface area contributed by atoms with E-state index in [2.05, 4.69) is 5.32 Å². The van der Waals surface area contributed by atoms with Crippen LogP contribution in [0.1, 0.15) is 20.3 Å². The summed E-state index contributed by atoms with van der Waals surface area (Å²) in [6, 6.07) is 0. The van der Waals surface area contributed by atoms with Gasteiger partial charge in [-0.3, -0.25) is 0 Å². The molecule has 0 spiro atoms. The SMILES string of the molecule is CCOCC1(F)CCNCC1C. The van der Waals surface area contributed by atoms with E-state index >= 15 is 0 Å². The maximum atomic E-state index is 14.0. The molecule has 2 nitrogen and oxygen atoms in total. The van der Waals surface area contributed by atoms with Crippen LogP contribution in [0, 0.1) is 5.92 Å². The fraction of sp³-hybridized carbons (Fsp3) is 1.00. The van der Waals surface area contributed by atoms with Crippen LogP contribution in [-0.4, -0.2) is 32.0 Å². The topological polar surface area (TPSA) is 21.3 Å². The molecule has 1 rings (SSSR count). The second kappa shape index (κ2) is 4.19. The van der Waals surface area contributed by atoms with Crippen molar-refractivity contribution < 1.29 is 9.13 Å². The summed E-state index contributed by atoms with van der Waals surface area (Å²) in [6.07, 6.45) is 0.578. The van der Waals surface area contributed by atoms with Crippen molar-refractivity contribution >= 4 is 0 Å². The van der Waals surface area contributed by atoms with Gasteiger partial charge in [0.1, 0.15) is 5.67 Å². The maximum Gasteiger partial charge on any atom is 0.139 e. The number of nitrogens with one attached hydrogen (secondary N) is 1. The normalized spacial score (nSPS) is 36.8. The number of ether oxygens (including phenoxy) is 1. The van der Waals surface area contributed by atoms with Gasteiger partial charge in [0.15, 0.2) is 0 Å². The van der Waals surface area contributed by atoms with E-state index in [0.29, 0.717) is 13.0 Å². The fourth-order valence-corrected chi connectivity index (χ4v) is 1.53. The molecule has 12 heavy (non-hydrogen) atoms. The molecule has 1 saturated heterocycles. The first-order valence-electron chi connectivity index (χ1n) is 4.66. The first kappa shape index (κ1) is 9.93. The summed E-state index contributed by atoms with van der Waals surface area (Å²) in [5, 5.41) is 3.17. The van der Waals surface area contributed by atoms with E-state index in [1.165, 1.54) is 0 Å². The highest BCUT2D eigenvalue weighted by Crippen LogP contribution is 2.28. The van der Waals surface area contributed by atoms with Crippen molar-refractivity contribution in [2.75, 3.05) is 26.3 Å². The molecule has 0 bridgehead atoms. The average molecular weight is 175 g/mol. The van der Waals surface area contributed by atoms with Gasteiger partial charge in [0.2, 0.25) is 0 Å². The van der Waals surface area contributed by atoms with Gasteiger partial charge in [0.25, 0.3) is 0 Å². The third kappa shape index (κ3) is 2.17. The molecule has 2 atom stereocenters. The van der Waals surface area contributed by atoms with Crippen molar-refractivity contribution in [2.45, 2.75) is 25.9 Å². The fourth-order valence-electron chi connectivity index (χ4n) is 1.53. The van der Waals surface area contributed by atoms with Gasteiger partial charge in [0, 0.05) is 19.1 Å². The van der Waals surface area contributed by atoms with Crippen LogP contribution in [0.15, 0.2) is 0 Å². The van der Waals surface area contributed by atoms with Gasteiger partial charge in [-0.05, 0) is 19.9 Å². The van der Waals surface area contributed by atoms with Gasteiger partial charge < -0.3 is 10.1 Å². The van der Waals surface area contributed by atoms with Gasteiger partial charge in [-0.1, -0.05) is 6.92 Å². The highest BCUT2D eigenvalue weighted by atomic mass is 19.1.